The summed E-state index contributed by atoms with van der Waals surface area (Å²) in [5.41, 5.74) is 0.835. The highest BCUT2D eigenvalue weighted by Gasteiger charge is 2.29. The first-order valence-corrected chi connectivity index (χ1v) is 6.18. The summed E-state index contributed by atoms with van der Waals surface area (Å²) in [7, 11) is 2.81. The van der Waals surface area contributed by atoms with Gasteiger partial charge in [0.05, 0.1) is 14.2 Å². The van der Waals surface area contributed by atoms with Crippen molar-refractivity contribution < 1.29 is 23.7 Å². The van der Waals surface area contributed by atoms with Crippen LogP contribution >= 0.6 is 0 Å². The average molecular weight is 301 g/mol. The third-order valence-electron chi connectivity index (χ3n) is 2.89. The van der Waals surface area contributed by atoms with Crippen LogP contribution in [-0.4, -0.2) is 35.1 Å². The molecule has 8 heteroatoms. The molecule has 0 spiro atoms. The normalized spacial score (nSPS) is 12.6. The lowest BCUT2D eigenvalue weighted by atomic mass is 10.1. The van der Waals surface area contributed by atoms with Gasteiger partial charge in [0.2, 0.25) is 0 Å². The third-order valence-corrected chi connectivity index (χ3v) is 2.89. The second-order valence-electron chi connectivity index (χ2n) is 4.18. The van der Waals surface area contributed by atoms with E-state index < -0.39 is 5.97 Å². The molecule has 1 aromatic heterocycles. The number of rotatable bonds is 4. The summed E-state index contributed by atoms with van der Waals surface area (Å²) in [5.74, 6) is -0.0173. The van der Waals surface area contributed by atoms with Crippen molar-refractivity contribution in [2.75, 3.05) is 14.2 Å². The summed E-state index contributed by atoms with van der Waals surface area (Å²) in [6, 6.07) is 5.01. The van der Waals surface area contributed by atoms with E-state index in [1.54, 1.807) is 18.2 Å². The van der Waals surface area contributed by atoms with Crippen LogP contribution in [0.1, 0.15) is 15.9 Å². The summed E-state index contributed by atoms with van der Waals surface area (Å²) in [4.78, 5) is 23.6. The van der Waals surface area contributed by atoms with Gasteiger partial charge in [-0.1, -0.05) is 18.7 Å². The van der Waals surface area contributed by atoms with Crippen LogP contribution in [0.4, 0.5) is 0 Å². The fourth-order valence-corrected chi connectivity index (χ4v) is 1.92. The minimum absolute atomic E-state index is 0.0291. The minimum Gasteiger partial charge on any atom is -0.467 e. The lowest BCUT2D eigenvalue weighted by Crippen LogP contribution is -2.03. The fourth-order valence-electron chi connectivity index (χ4n) is 1.92. The molecule has 1 aromatic carbocycles. The molecule has 112 valence electrons. The Hall–Kier alpha value is -3.16. The number of ether oxygens (including phenoxy) is 4. The number of carbonyl (C=O) groups is 1. The van der Waals surface area contributed by atoms with Gasteiger partial charge in [-0.3, -0.25) is 0 Å². The number of fused-ring (bicyclic) bond motifs is 1. The highest BCUT2D eigenvalue weighted by Crippen LogP contribution is 2.36. The highest BCUT2D eigenvalue weighted by molar-refractivity contribution is 6.04. The van der Waals surface area contributed by atoms with E-state index in [1.807, 2.05) is 0 Å². The number of hydrogen-bond donors (Lipinski definition) is 0. The Morgan fingerprint density at radius 3 is 2.32 bits per heavy atom. The third kappa shape index (κ3) is 2.30. The summed E-state index contributed by atoms with van der Waals surface area (Å²) in [6.07, 6.45) is 0. The fraction of sp³-hybridized carbons (Fsp3) is 0.143. The molecule has 0 N–H and O–H groups in total. The van der Waals surface area contributed by atoms with Crippen LogP contribution in [0, 0.1) is 0 Å². The molecule has 8 nitrogen and oxygen atoms in total. The Morgan fingerprint density at radius 1 is 1.05 bits per heavy atom. The zero-order valence-electron chi connectivity index (χ0n) is 11.8. The van der Waals surface area contributed by atoms with E-state index in [0.717, 1.165) is 0 Å². The van der Waals surface area contributed by atoms with Gasteiger partial charge in [0.25, 0.3) is 0 Å². The maximum Gasteiger partial charge on any atom is 0.348 e. The summed E-state index contributed by atoms with van der Waals surface area (Å²) >= 11 is 0. The number of benzene rings is 1. The van der Waals surface area contributed by atoms with Crippen molar-refractivity contribution in [3.63, 3.8) is 0 Å². The summed E-state index contributed by atoms with van der Waals surface area (Å²) in [6.45, 7) is 3.67. The molecule has 0 atom stereocenters. The molecule has 0 amide bonds. The van der Waals surface area contributed by atoms with Gasteiger partial charge in [-0.2, -0.15) is 0 Å². The second kappa shape index (κ2) is 5.32. The van der Waals surface area contributed by atoms with E-state index in [1.165, 1.54) is 14.2 Å². The van der Waals surface area contributed by atoms with Gasteiger partial charge >= 0.3 is 24.0 Å². The van der Waals surface area contributed by atoms with Gasteiger partial charge in [-0.05, 0) is 6.07 Å². The first-order chi connectivity index (χ1) is 10.6. The number of nitrogens with zero attached hydrogens (tertiary/aromatic N) is 3. The van der Waals surface area contributed by atoms with Gasteiger partial charge in [0, 0.05) is 5.56 Å². The number of aromatic nitrogens is 3. The number of cyclic esters (lactones) is 1. The Labute approximate surface area is 125 Å². The molecule has 0 aliphatic carbocycles. The van der Waals surface area contributed by atoms with Crippen molar-refractivity contribution in [3.05, 3.63) is 35.9 Å². The van der Waals surface area contributed by atoms with Gasteiger partial charge in [-0.25, -0.2) is 4.79 Å². The predicted octanol–water partition coefficient (Wildman–Crippen LogP) is 1.82. The Morgan fingerprint density at radius 2 is 1.68 bits per heavy atom. The number of esters is 1. The van der Waals surface area contributed by atoms with Crippen LogP contribution < -0.4 is 14.2 Å². The van der Waals surface area contributed by atoms with Crippen molar-refractivity contribution in [2.24, 2.45) is 0 Å². The van der Waals surface area contributed by atoms with Gasteiger partial charge in [0.15, 0.2) is 0 Å². The molecule has 0 radical (unpaired) electrons. The second-order valence-corrected chi connectivity index (χ2v) is 4.18. The lowest BCUT2D eigenvalue weighted by Gasteiger charge is -2.08. The Balaban J connectivity index is 2.01. The Kier molecular flexibility index (Phi) is 3.34. The van der Waals surface area contributed by atoms with Crippen molar-refractivity contribution >= 4 is 11.7 Å². The summed E-state index contributed by atoms with van der Waals surface area (Å²) in [5, 5.41) is 0. The van der Waals surface area contributed by atoms with Crippen LogP contribution in [0.3, 0.4) is 0 Å². The van der Waals surface area contributed by atoms with Crippen molar-refractivity contribution in [1.29, 1.82) is 0 Å². The van der Waals surface area contributed by atoms with Crippen LogP contribution in [0.15, 0.2) is 24.8 Å². The average Bonchev–Trinajstić information content (AvgIpc) is 2.82. The first kappa shape index (κ1) is 13.8. The maximum atomic E-state index is 11.9. The molecule has 3 rings (SSSR count). The number of carbonyl (C=O) groups excluding carboxylic acids is 1. The quantitative estimate of drug-likeness (QED) is 0.789. The molecule has 1 aliphatic heterocycles. The zero-order valence-corrected chi connectivity index (χ0v) is 11.8. The molecule has 0 unspecified atom stereocenters. The van der Waals surface area contributed by atoms with E-state index in [-0.39, 0.29) is 35.1 Å². The predicted molar refractivity (Wildman–Crippen MR) is 73.9 cm³/mol. The zero-order chi connectivity index (χ0) is 15.7. The molecule has 2 aromatic rings. The lowest BCUT2D eigenvalue weighted by molar-refractivity contribution is 0.0714. The Bertz CT molecular complexity index is 753. The van der Waals surface area contributed by atoms with E-state index in [9.17, 15) is 4.79 Å². The van der Waals surface area contributed by atoms with Crippen molar-refractivity contribution in [1.82, 2.24) is 15.0 Å². The molecule has 0 bridgehead atoms. The van der Waals surface area contributed by atoms with Crippen LogP contribution in [-0.2, 0) is 4.74 Å². The van der Waals surface area contributed by atoms with Crippen LogP contribution in [0.5, 0.6) is 23.8 Å². The molecule has 0 saturated carbocycles. The molecular formula is C14H11N3O5. The monoisotopic (exact) mass is 301 g/mol. The smallest absolute Gasteiger partial charge is 0.348 e. The first-order valence-electron chi connectivity index (χ1n) is 6.18. The number of hydrogen-bond acceptors (Lipinski definition) is 8. The van der Waals surface area contributed by atoms with E-state index in [2.05, 4.69) is 21.5 Å². The molecule has 2 heterocycles. The minimum atomic E-state index is -0.538. The topological polar surface area (TPSA) is 92.7 Å². The molecule has 22 heavy (non-hydrogen) atoms. The van der Waals surface area contributed by atoms with Crippen molar-refractivity contribution in [3.8, 4) is 23.8 Å². The number of methoxy groups -OCH3 is 2. The standard InChI is InChI=1S/C14H11N3O5/c1-7-8-5-4-6-9(10(8)11(18)21-7)22-14-16-12(19-2)15-13(17-14)20-3/h4-6H,1H2,2-3H3. The van der Waals surface area contributed by atoms with Gasteiger partial charge < -0.3 is 18.9 Å². The maximum absolute atomic E-state index is 11.9. The van der Waals surface area contributed by atoms with Crippen LogP contribution in [0.25, 0.3) is 5.76 Å². The van der Waals surface area contributed by atoms with E-state index in [4.69, 9.17) is 18.9 Å². The van der Waals surface area contributed by atoms with Crippen LogP contribution in [0.2, 0.25) is 0 Å². The van der Waals surface area contributed by atoms with E-state index >= 15 is 0 Å². The van der Waals surface area contributed by atoms with E-state index in [0.29, 0.717) is 5.56 Å². The largest absolute Gasteiger partial charge is 0.467 e. The van der Waals surface area contributed by atoms with Gasteiger partial charge in [-0.15, -0.1) is 15.0 Å². The molecule has 1 aliphatic rings. The SMILES string of the molecule is C=C1OC(=O)c2c(Oc3nc(OC)nc(OC)n3)cccc21. The van der Waals surface area contributed by atoms with Crippen molar-refractivity contribution in [2.45, 2.75) is 0 Å². The highest BCUT2D eigenvalue weighted by atomic mass is 16.6. The summed E-state index contributed by atoms with van der Waals surface area (Å²) < 4.78 is 20.4. The molecular weight excluding hydrogens is 290 g/mol. The molecule has 0 saturated heterocycles. The molecule has 0 fully saturated rings. The van der Waals surface area contributed by atoms with Gasteiger partial charge in [0.1, 0.15) is 17.1 Å².